The highest BCUT2D eigenvalue weighted by atomic mass is 32.2. The Balaban J connectivity index is 1.21. The third kappa shape index (κ3) is 3.31. The van der Waals surface area contributed by atoms with Crippen molar-refractivity contribution in [3.05, 3.63) is 34.3 Å². The number of carbonyl (C=O) groups is 1. The molecule has 3 aliphatic carbocycles. The van der Waals surface area contributed by atoms with Gasteiger partial charge in [0.05, 0.1) is 5.69 Å². The summed E-state index contributed by atoms with van der Waals surface area (Å²) in [5.41, 5.74) is 8.33. The molecule has 8 heteroatoms. The molecule has 6 rings (SSSR count). The maximum absolute atomic E-state index is 12.3. The van der Waals surface area contributed by atoms with Crippen LogP contribution in [0.5, 0.6) is 0 Å². The number of anilines is 1. The van der Waals surface area contributed by atoms with Gasteiger partial charge in [-0.25, -0.2) is 4.98 Å². The number of thiazole rings is 1. The minimum Gasteiger partial charge on any atom is -0.338 e. The molecule has 3 saturated carbocycles. The second-order valence-corrected chi connectivity index (χ2v) is 13.3. The monoisotopic (exact) mass is 485 g/mol. The zero-order valence-corrected chi connectivity index (χ0v) is 21.6. The van der Waals surface area contributed by atoms with E-state index >= 15 is 0 Å². The average molecular weight is 486 g/mol. The molecule has 1 aromatic rings. The van der Waals surface area contributed by atoms with Gasteiger partial charge in [-0.3, -0.25) is 15.6 Å². The van der Waals surface area contributed by atoms with Gasteiger partial charge in [0.1, 0.15) is 0 Å². The number of likely N-dealkylation sites (N-methyl/N-ethyl adjacent to an activating group) is 1. The Labute approximate surface area is 205 Å². The summed E-state index contributed by atoms with van der Waals surface area (Å²) in [7, 11) is 2.01. The Kier molecular flexibility index (Phi) is 5.16. The summed E-state index contributed by atoms with van der Waals surface area (Å²) >= 11 is 3.36. The minimum absolute atomic E-state index is 0.120. The Bertz CT molecular complexity index is 1020. The standard InChI is InChI=1S/C25H35N5OS2/c1-15-13-26-30(33-15)28-23-27-20(14-32-23)19-7-6-17-16-5-8-21-25(3,12-10-22(31)29(21)4)18(16)9-11-24(17,19)2/h10,12-14,16-19,21,26H,5-9,11H2,1-4H3,(H,27,28)/t16-,17-,18-,19+,21+,24-,25+/m0/s1. The molecule has 1 amide bonds. The van der Waals surface area contributed by atoms with Crippen LogP contribution in [0.4, 0.5) is 5.13 Å². The van der Waals surface area contributed by atoms with Crippen molar-refractivity contribution in [2.24, 2.45) is 28.6 Å². The van der Waals surface area contributed by atoms with Crippen molar-refractivity contribution >= 4 is 34.3 Å². The maximum atomic E-state index is 12.3. The summed E-state index contributed by atoms with van der Waals surface area (Å²) in [5, 5.41) is 3.25. The van der Waals surface area contributed by atoms with E-state index in [9.17, 15) is 4.79 Å². The Morgan fingerprint density at radius 1 is 1.18 bits per heavy atom. The number of hydrazine groups is 2. The second-order valence-electron chi connectivity index (χ2n) is 11.3. The summed E-state index contributed by atoms with van der Waals surface area (Å²) in [6, 6.07) is 0.361. The highest BCUT2D eigenvalue weighted by Gasteiger charge is 2.60. The van der Waals surface area contributed by atoms with E-state index < -0.39 is 0 Å². The lowest BCUT2D eigenvalue weighted by molar-refractivity contribution is -0.138. The van der Waals surface area contributed by atoms with Crippen molar-refractivity contribution in [2.75, 3.05) is 12.5 Å². The molecule has 0 spiro atoms. The molecule has 5 aliphatic rings. The summed E-state index contributed by atoms with van der Waals surface area (Å²) < 4.78 is 1.92. The fourth-order valence-electron chi connectivity index (χ4n) is 8.21. The molecule has 3 fully saturated rings. The van der Waals surface area contributed by atoms with Gasteiger partial charge in [0.25, 0.3) is 0 Å². The summed E-state index contributed by atoms with van der Waals surface area (Å²) in [5.74, 6) is 2.93. The highest BCUT2D eigenvalue weighted by Crippen LogP contribution is 2.67. The van der Waals surface area contributed by atoms with E-state index in [4.69, 9.17) is 4.98 Å². The van der Waals surface area contributed by atoms with Gasteiger partial charge in [-0.15, -0.1) is 11.3 Å². The van der Waals surface area contributed by atoms with Crippen LogP contribution in [0.25, 0.3) is 0 Å². The van der Waals surface area contributed by atoms with Crippen molar-refractivity contribution in [2.45, 2.75) is 71.3 Å². The van der Waals surface area contributed by atoms with E-state index in [-0.39, 0.29) is 11.3 Å². The van der Waals surface area contributed by atoms with Gasteiger partial charge in [0.2, 0.25) is 5.91 Å². The number of nitrogens with zero attached hydrogens (tertiary/aromatic N) is 3. The first-order chi connectivity index (χ1) is 15.8. The smallest absolute Gasteiger partial charge is 0.246 e. The normalized spacial score (nSPS) is 42.4. The number of rotatable bonds is 3. The molecule has 3 heterocycles. The molecular formula is C25H35N5OS2. The zero-order chi connectivity index (χ0) is 23.0. The SMILES string of the molecule is CC1=CNN(Nc2nc([C@H]3CC[C@H]4[C@@H]5CC[C@H]6N(C)C(=O)C=C[C@]6(C)[C@H]5CC[C@]34C)cs2)S1. The van der Waals surface area contributed by atoms with Crippen LogP contribution in [-0.4, -0.2) is 33.4 Å². The van der Waals surface area contributed by atoms with E-state index in [1.165, 1.54) is 42.7 Å². The van der Waals surface area contributed by atoms with E-state index in [1.54, 1.807) is 23.3 Å². The van der Waals surface area contributed by atoms with Gasteiger partial charge in [-0.2, -0.15) is 0 Å². The molecular weight excluding hydrogens is 450 g/mol. The van der Waals surface area contributed by atoms with Crippen molar-refractivity contribution in [1.29, 1.82) is 0 Å². The Morgan fingerprint density at radius 3 is 2.82 bits per heavy atom. The topological polar surface area (TPSA) is 60.5 Å². The van der Waals surface area contributed by atoms with E-state index in [2.05, 4.69) is 43.1 Å². The molecule has 2 N–H and O–H groups in total. The van der Waals surface area contributed by atoms with Crippen molar-refractivity contribution in [3.63, 3.8) is 0 Å². The molecule has 6 nitrogen and oxygen atoms in total. The quantitative estimate of drug-likeness (QED) is 0.550. The van der Waals surface area contributed by atoms with Crippen LogP contribution < -0.4 is 10.9 Å². The predicted octanol–water partition coefficient (Wildman–Crippen LogP) is 5.52. The molecule has 178 valence electrons. The third-order valence-corrected chi connectivity index (χ3v) is 11.4. The molecule has 1 aromatic heterocycles. The van der Waals surface area contributed by atoms with Crippen LogP contribution in [0.1, 0.15) is 70.9 Å². The van der Waals surface area contributed by atoms with Crippen LogP contribution in [0, 0.1) is 28.6 Å². The first-order valence-electron chi connectivity index (χ1n) is 12.4. The summed E-state index contributed by atoms with van der Waals surface area (Å²) in [6.45, 7) is 7.09. The van der Waals surface area contributed by atoms with Gasteiger partial charge in [0, 0.05) is 40.9 Å². The fraction of sp³-hybridized carbons (Fsp3) is 0.680. The van der Waals surface area contributed by atoms with Crippen LogP contribution in [0.3, 0.4) is 0 Å². The van der Waals surface area contributed by atoms with Crippen LogP contribution in [0.2, 0.25) is 0 Å². The number of aromatic nitrogens is 1. The first kappa shape index (κ1) is 22.0. The summed E-state index contributed by atoms with van der Waals surface area (Å²) in [6.07, 6.45) is 13.6. The number of hydrogen-bond donors (Lipinski definition) is 2. The number of nitrogens with one attached hydrogen (secondary N) is 2. The highest BCUT2D eigenvalue weighted by molar-refractivity contribution is 8.01. The third-order valence-electron chi connectivity index (χ3n) is 9.82. The number of allylic oxidation sites excluding steroid dienone is 1. The number of fused-ring (bicyclic) bond motifs is 5. The Morgan fingerprint density at radius 2 is 2.03 bits per heavy atom. The lowest BCUT2D eigenvalue weighted by Crippen LogP contribution is -2.59. The van der Waals surface area contributed by atoms with Crippen molar-refractivity contribution in [1.82, 2.24) is 19.8 Å². The largest absolute Gasteiger partial charge is 0.338 e. The molecule has 7 atom stereocenters. The average Bonchev–Trinajstić information content (AvgIpc) is 3.49. The number of amides is 1. The number of carbonyl (C=O) groups excluding carboxylic acids is 1. The first-order valence-corrected chi connectivity index (χ1v) is 14.0. The lowest BCUT2D eigenvalue weighted by atomic mass is 9.47. The van der Waals surface area contributed by atoms with Crippen LogP contribution in [0.15, 0.2) is 28.6 Å². The van der Waals surface area contributed by atoms with Crippen molar-refractivity contribution < 1.29 is 4.79 Å². The van der Waals surface area contributed by atoms with Crippen molar-refractivity contribution in [3.8, 4) is 0 Å². The van der Waals surface area contributed by atoms with E-state index in [0.29, 0.717) is 23.3 Å². The fourth-order valence-corrected chi connectivity index (χ4v) is 9.65. The van der Waals surface area contributed by atoms with E-state index in [1.807, 2.05) is 28.7 Å². The van der Waals surface area contributed by atoms with Gasteiger partial charge in [0.15, 0.2) is 5.13 Å². The Hall–Kier alpha value is -1.51. The summed E-state index contributed by atoms with van der Waals surface area (Å²) in [4.78, 5) is 20.6. The molecule has 0 saturated heterocycles. The zero-order valence-electron chi connectivity index (χ0n) is 20.0. The van der Waals surface area contributed by atoms with Crippen LogP contribution in [-0.2, 0) is 4.79 Å². The lowest BCUT2D eigenvalue weighted by Gasteiger charge is -2.60. The maximum Gasteiger partial charge on any atom is 0.246 e. The molecule has 33 heavy (non-hydrogen) atoms. The van der Waals surface area contributed by atoms with Crippen LogP contribution >= 0.6 is 23.3 Å². The van der Waals surface area contributed by atoms with Gasteiger partial charge in [-0.1, -0.05) is 24.4 Å². The molecule has 0 aromatic carbocycles. The molecule has 0 bridgehead atoms. The van der Waals surface area contributed by atoms with E-state index in [0.717, 1.165) is 23.4 Å². The van der Waals surface area contributed by atoms with Gasteiger partial charge >= 0.3 is 0 Å². The van der Waals surface area contributed by atoms with Gasteiger partial charge < -0.3 is 4.90 Å². The van der Waals surface area contributed by atoms with Gasteiger partial charge in [-0.05, 0) is 86.6 Å². The number of hydrogen-bond acceptors (Lipinski definition) is 7. The molecule has 0 radical (unpaired) electrons. The molecule has 0 unspecified atom stereocenters. The molecule has 2 aliphatic heterocycles. The second kappa shape index (κ2) is 7.75. The predicted molar refractivity (Wildman–Crippen MR) is 135 cm³/mol. The minimum atomic E-state index is 0.120.